The van der Waals surface area contributed by atoms with Crippen molar-refractivity contribution in [3.63, 3.8) is 0 Å². The number of aryl methyl sites for hydroxylation is 1. The summed E-state index contributed by atoms with van der Waals surface area (Å²) in [6, 6.07) is 15.0. The third-order valence-corrected chi connectivity index (χ3v) is 5.48. The van der Waals surface area contributed by atoms with Gasteiger partial charge in [-0.05, 0) is 24.3 Å². The Hall–Kier alpha value is -4.30. The van der Waals surface area contributed by atoms with Crippen LogP contribution in [0.1, 0.15) is 24.1 Å². The summed E-state index contributed by atoms with van der Waals surface area (Å²) in [6.45, 7) is 2.43. The summed E-state index contributed by atoms with van der Waals surface area (Å²) in [6.07, 6.45) is 1.74. The van der Waals surface area contributed by atoms with Crippen LogP contribution in [0.15, 0.2) is 57.7 Å². The molecule has 1 saturated heterocycles. The fourth-order valence-electron chi connectivity index (χ4n) is 3.78. The van der Waals surface area contributed by atoms with Crippen LogP contribution in [0.2, 0.25) is 0 Å². The number of ketones is 1. The smallest absolute Gasteiger partial charge is 0.238 e. The Morgan fingerprint density at radius 2 is 1.94 bits per heavy atom. The molecule has 11 nitrogen and oxygen atoms in total. The quantitative estimate of drug-likeness (QED) is 0.386. The first-order valence-corrected chi connectivity index (χ1v) is 10.9. The van der Waals surface area contributed by atoms with Gasteiger partial charge in [0.25, 0.3) is 0 Å². The molecule has 1 aliphatic heterocycles. The average molecular weight is 459 g/mol. The molecular formula is C23H21N7O4. The maximum atomic E-state index is 13.1. The monoisotopic (exact) mass is 459 g/mol. The zero-order valence-electron chi connectivity index (χ0n) is 18.2. The van der Waals surface area contributed by atoms with E-state index in [2.05, 4.69) is 26.4 Å². The van der Waals surface area contributed by atoms with Crippen LogP contribution >= 0.6 is 0 Å². The highest BCUT2D eigenvalue weighted by Crippen LogP contribution is 2.27. The van der Waals surface area contributed by atoms with Crippen LogP contribution in [0.3, 0.4) is 0 Å². The summed E-state index contributed by atoms with van der Waals surface area (Å²) in [7, 11) is 0. The molecule has 1 aliphatic rings. The molecule has 5 rings (SSSR count). The van der Waals surface area contributed by atoms with E-state index < -0.39 is 5.92 Å². The third-order valence-electron chi connectivity index (χ3n) is 5.48. The minimum atomic E-state index is -1.10. The van der Waals surface area contributed by atoms with Gasteiger partial charge >= 0.3 is 0 Å². The van der Waals surface area contributed by atoms with Gasteiger partial charge in [0.1, 0.15) is 0 Å². The molecule has 0 radical (unpaired) electrons. The number of anilines is 1. The number of para-hydroxylation sites is 1. The molecule has 4 aromatic rings. The number of nitrogens with zero attached hydrogens (tertiary/aromatic N) is 7. The van der Waals surface area contributed by atoms with E-state index in [0.29, 0.717) is 43.8 Å². The van der Waals surface area contributed by atoms with E-state index in [1.807, 2.05) is 35.2 Å². The molecule has 172 valence electrons. The van der Waals surface area contributed by atoms with Crippen LogP contribution < -0.4 is 4.90 Å². The number of hydrogen-bond acceptors (Lipinski definition) is 10. The highest BCUT2D eigenvalue weighted by molar-refractivity contribution is 5.88. The van der Waals surface area contributed by atoms with Crippen LogP contribution in [0.25, 0.3) is 17.3 Å². The lowest BCUT2D eigenvalue weighted by molar-refractivity contribution is -0.119. The number of aromatic nitrogens is 5. The number of morpholine rings is 1. The van der Waals surface area contributed by atoms with Crippen LogP contribution in [0.4, 0.5) is 5.95 Å². The van der Waals surface area contributed by atoms with Crippen molar-refractivity contribution in [2.24, 2.45) is 0 Å². The van der Waals surface area contributed by atoms with Gasteiger partial charge in [-0.2, -0.15) is 10.2 Å². The van der Waals surface area contributed by atoms with E-state index in [-0.39, 0.29) is 30.3 Å². The Morgan fingerprint density at radius 1 is 1.12 bits per heavy atom. The second-order valence-electron chi connectivity index (χ2n) is 7.65. The maximum absolute atomic E-state index is 13.1. The minimum absolute atomic E-state index is 0.0343. The Balaban J connectivity index is 1.38. The van der Waals surface area contributed by atoms with Crippen molar-refractivity contribution >= 4 is 11.7 Å². The summed E-state index contributed by atoms with van der Waals surface area (Å²) in [4.78, 5) is 19.4. The number of carbonyl (C=O) groups excluding carboxylic acids is 1. The van der Waals surface area contributed by atoms with E-state index >= 15 is 0 Å². The van der Waals surface area contributed by atoms with Crippen molar-refractivity contribution in [3.8, 4) is 23.3 Å². The van der Waals surface area contributed by atoms with Crippen LogP contribution in [-0.4, -0.2) is 57.0 Å². The number of benzene rings is 1. The maximum Gasteiger partial charge on any atom is 0.238 e. The molecule has 0 aliphatic carbocycles. The number of hydrogen-bond donors (Lipinski definition) is 0. The molecule has 0 amide bonds. The van der Waals surface area contributed by atoms with Crippen molar-refractivity contribution in [1.29, 1.82) is 5.26 Å². The van der Waals surface area contributed by atoms with Gasteiger partial charge < -0.3 is 18.6 Å². The molecule has 1 aromatic carbocycles. The number of ether oxygens (including phenoxy) is 1. The van der Waals surface area contributed by atoms with E-state index in [1.54, 1.807) is 16.7 Å². The first-order chi connectivity index (χ1) is 16.7. The van der Waals surface area contributed by atoms with Gasteiger partial charge in [0.2, 0.25) is 17.7 Å². The van der Waals surface area contributed by atoms with E-state index in [0.717, 1.165) is 5.69 Å². The van der Waals surface area contributed by atoms with Gasteiger partial charge in [-0.25, -0.2) is 0 Å². The van der Waals surface area contributed by atoms with Gasteiger partial charge in [-0.3, -0.25) is 9.36 Å². The predicted octanol–water partition coefficient (Wildman–Crippen LogP) is 2.56. The normalized spacial score (nSPS) is 14.6. The standard InChI is InChI=1S/C23H21N7O4/c24-15-17(18(31)8-9-20-25-21(28-34-20)19-7-4-12-33-19)22-26-27-23(29-10-13-32-14-11-29)30(22)16-5-2-1-3-6-16/h1-7,12,17H,8-11,13-14H2. The van der Waals surface area contributed by atoms with Gasteiger partial charge in [0, 0.05) is 25.9 Å². The first kappa shape index (κ1) is 21.5. The highest BCUT2D eigenvalue weighted by Gasteiger charge is 2.30. The lowest BCUT2D eigenvalue weighted by Gasteiger charge is -2.28. The second kappa shape index (κ2) is 9.68. The summed E-state index contributed by atoms with van der Waals surface area (Å²) in [5.74, 6) is 0.522. The molecule has 4 heterocycles. The lowest BCUT2D eigenvalue weighted by atomic mass is 10.0. The molecule has 34 heavy (non-hydrogen) atoms. The lowest BCUT2D eigenvalue weighted by Crippen LogP contribution is -2.38. The van der Waals surface area contributed by atoms with Crippen molar-refractivity contribution in [2.45, 2.75) is 18.8 Å². The SMILES string of the molecule is N#CC(C(=O)CCc1nc(-c2ccco2)no1)c1nnc(N2CCOCC2)n1-c1ccccc1. The Kier molecular flexibility index (Phi) is 6.13. The summed E-state index contributed by atoms with van der Waals surface area (Å²) >= 11 is 0. The van der Waals surface area contributed by atoms with Crippen molar-refractivity contribution in [1.82, 2.24) is 24.9 Å². The van der Waals surface area contributed by atoms with Crippen molar-refractivity contribution < 1.29 is 18.5 Å². The molecule has 3 aromatic heterocycles. The van der Waals surface area contributed by atoms with Gasteiger partial charge in [-0.1, -0.05) is 23.4 Å². The molecular weight excluding hydrogens is 438 g/mol. The van der Waals surface area contributed by atoms with Crippen molar-refractivity contribution in [3.05, 3.63) is 60.4 Å². The van der Waals surface area contributed by atoms with E-state index in [9.17, 15) is 10.1 Å². The fraction of sp³-hybridized carbons (Fsp3) is 0.304. The topological polar surface area (TPSA) is 136 Å². The third kappa shape index (κ3) is 4.31. The number of carbonyl (C=O) groups is 1. The number of rotatable bonds is 8. The summed E-state index contributed by atoms with van der Waals surface area (Å²) < 4.78 is 17.7. The molecule has 11 heteroatoms. The number of furan rings is 1. The Morgan fingerprint density at radius 3 is 2.68 bits per heavy atom. The summed E-state index contributed by atoms with van der Waals surface area (Å²) in [5, 5.41) is 22.4. The fourth-order valence-corrected chi connectivity index (χ4v) is 3.78. The zero-order chi connectivity index (χ0) is 23.3. The van der Waals surface area contributed by atoms with Gasteiger partial charge in [0.05, 0.1) is 31.2 Å². The zero-order valence-corrected chi connectivity index (χ0v) is 18.2. The first-order valence-electron chi connectivity index (χ1n) is 10.9. The van der Waals surface area contributed by atoms with Crippen LogP contribution in [0.5, 0.6) is 0 Å². The molecule has 1 atom stereocenters. The molecule has 1 fully saturated rings. The predicted molar refractivity (Wildman–Crippen MR) is 118 cm³/mol. The van der Waals surface area contributed by atoms with Crippen molar-refractivity contribution in [2.75, 3.05) is 31.2 Å². The molecule has 0 bridgehead atoms. The van der Waals surface area contributed by atoms with Gasteiger partial charge in [0.15, 0.2) is 23.3 Å². The Bertz CT molecular complexity index is 1280. The molecule has 0 saturated carbocycles. The van der Waals surface area contributed by atoms with Crippen LogP contribution in [-0.2, 0) is 16.0 Å². The average Bonchev–Trinajstić information content (AvgIpc) is 3.65. The molecule has 1 unspecified atom stereocenters. The highest BCUT2D eigenvalue weighted by atomic mass is 16.5. The second-order valence-corrected chi connectivity index (χ2v) is 7.65. The largest absolute Gasteiger partial charge is 0.461 e. The number of Topliss-reactive ketones (excluding diaryl/α,β-unsaturated/α-hetero) is 1. The Labute approximate surface area is 194 Å². The van der Waals surface area contributed by atoms with E-state index in [4.69, 9.17) is 13.7 Å². The van der Waals surface area contributed by atoms with Crippen LogP contribution in [0, 0.1) is 11.3 Å². The molecule has 0 N–H and O–H groups in total. The number of nitriles is 1. The van der Waals surface area contributed by atoms with Gasteiger partial charge in [-0.15, -0.1) is 10.2 Å². The summed E-state index contributed by atoms with van der Waals surface area (Å²) in [5.41, 5.74) is 0.775. The molecule has 0 spiro atoms. The van der Waals surface area contributed by atoms with E-state index in [1.165, 1.54) is 6.26 Å². The minimum Gasteiger partial charge on any atom is -0.461 e.